The first-order chi connectivity index (χ1) is 5.72. The van der Waals surface area contributed by atoms with E-state index in [1.165, 1.54) is 12.0 Å². The van der Waals surface area contributed by atoms with Gasteiger partial charge in [-0.15, -0.1) is 0 Å². The van der Waals surface area contributed by atoms with Gasteiger partial charge in [0.05, 0.1) is 6.61 Å². The molecule has 0 saturated heterocycles. The zero-order valence-electron chi connectivity index (χ0n) is 7.62. The average Bonchev–Trinajstić information content (AvgIpc) is 2.05. The first-order valence-corrected chi connectivity index (χ1v) is 4.83. The summed E-state index contributed by atoms with van der Waals surface area (Å²) in [4.78, 5) is 11.1. The van der Waals surface area contributed by atoms with Gasteiger partial charge in [-0.05, 0) is 19.0 Å². The van der Waals surface area contributed by atoms with E-state index in [9.17, 15) is 4.79 Å². The number of ether oxygens (including phenoxy) is 1. The second kappa shape index (κ2) is 7.39. The first-order valence-electron chi connectivity index (χ1n) is 3.68. The molecule has 0 saturated carbocycles. The monoisotopic (exact) mass is 193 g/mol. The molecular formula is C7H15NO3S. The van der Waals surface area contributed by atoms with E-state index in [1.807, 2.05) is 0 Å². The number of nitrogens with one attached hydrogen (secondary N) is 1. The minimum absolute atomic E-state index is 0.110. The molecule has 1 amide bonds. The minimum Gasteiger partial charge on any atom is -0.383 e. The number of carbonyl (C=O) groups excluding carboxylic acids is 1. The predicted octanol–water partition coefficient (Wildman–Crippen LogP) is 0.432. The summed E-state index contributed by atoms with van der Waals surface area (Å²) in [6.45, 7) is 2.76. The van der Waals surface area contributed by atoms with Crippen molar-refractivity contribution in [2.45, 2.75) is 13.0 Å². The van der Waals surface area contributed by atoms with Crippen LogP contribution in [0, 0.1) is 0 Å². The molecule has 0 aliphatic heterocycles. The van der Waals surface area contributed by atoms with Crippen molar-refractivity contribution < 1.29 is 13.7 Å². The third-order valence-corrected chi connectivity index (χ3v) is 1.70. The molecule has 0 spiro atoms. The van der Waals surface area contributed by atoms with Crippen molar-refractivity contribution in [2.24, 2.45) is 0 Å². The van der Waals surface area contributed by atoms with Crippen LogP contribution in [0.2, 0.25) is 0 Å². The van der Waals surface area contributed by atoms with Crippen molar-refractivity contribution in [2.75, 3.05) is 26.5 Å². The van der Waals surface area contributed by atoms with Gasteiger partial charge in [0, 0.05) is 19.9 Å². The Bertz CT molecular complexity index is 132. The topological polar surface area (TPSA) is 47.6 Å². The van der Waals surface area contributed by atoms with Crippen LogP contribution in [0.1, 0.15) is 6.92 Å². The van der Waals surface area contributed by atoms with Gasteiger partial charge in [-0.2, -0.15) is 0 Å². The minimum atomic E-state index is -0.406. The lowest BCUT2D eigenvalue weighted by atomic mass is 10.4. The lowest BCUT2D eigenvalue weighted by molar-refractivity contribution is -0.126. The highest BCUT2D eigenvalue weighted by Gasteiger charge is 2.11. The molecule has 1 atom stereocenters. The lowest BCUT2D eigenvalue weighted by Gasteiger charge is -2.10. The van der Waals surface area contributed by atoms with E-state index in [2.05, 4.69) is 5.32 Å². The van der Waals surface area contributed by atoms with Crippen LogP contribution in [-0.4, -0.2) is 38.5 Å². The highest BCUT2D eigenvalue weighted by Crippen LogP contribution is 2.01. The summed E-state index contributed by atoms with van der Waals surface area (Å²) in [6.07, 6.45) is 1.37. The van der Waals surface area contributed by atoms with Crippen LogP contribution in [0.15, 0.2) is 0 Å². The van der Waals surface area contributed by atoms with Crippen LogP contribution < -0.4 is 5.32 Å². The second-order valence-electron chi connectivity index (χ2n) is 2.19. The molecule has 0 rings (SSSR count). The summed E-state index contributed by atoms with van der Waals surface area (Å²) in [5.41, 5.74) is 0. The summed E-state index contributed by atoms with van der Waals surface area (Å²) in [7, 11) is 1.59. The number of methoxy groups -OCH3 is 1. The van der Waals surface area contributed by atoms with E-state index >= 15 is 0 Å². The van der Waals surface area contributed by atoms with Crippen LogP contribution in [0.25, 0.3) is 0 Å². The SMILES string of the molecule is COCCNC(=O)C(C)OSC. The Morgan fingerprint density at radius 2 is 2.33 bits per heavy atom. The third-order valence-electron chi connectivity index (χ3n) is 1.22. The summed E-state index contributed by atoms with van der Waals surface area (Å²) in [6, 6.07) is 0. The maximum absolute atomic E-state index is 11.1. The normalized spacial score (nSPS) is 12.6. The van der Waals surface area contributed by atoms with Crippen LogP contribution >= 0.6 is 12.0 Å². The number of carbonyl (C=O) groups is 1. The molecule has 5 heteroatoms. The molecular weight excluding hydrogens is 178 g/mol. The standard InChI is InChI=1S/C7H15NO3S/c1-6(11-12-3)7(9)8-4-5-10-2/h6H,4-5H2,1-3H3,(H,8,9). The molecule has 0 aromatic carbocycles. The van der Waals surface area contributed by atoms with E-state index in [4.69, 9.17) is 8.92 Å². The maximum Gasteiger partial charge on any atom is 0.250 e. The van der Waals surface area contributed by atoms with Crippen LogP contribution in [-0.2, 0) is 13.7 Å². The van der Waals surface area contributed by atoms with Gasteiger partial charge in [0.15, 0.2) is 0 Å². The summed E-state index contributed by atoms with van der Waals surface area (Å²) in [5.74, 6) is -0.110. The van der Waals surface area contributed by atoms with E-state index in [0.29, 0.717) is 13.2 Å². The molecule has 0 aromatic heterocycles. The molecule has 72 valence electrons. The van der Waals surface area contributed by atoms with Gasteiger partial charge < -0.3 is 14.2 Å². The van der Waals surface area contributed by atoms with E-state index < -0.39 is 6.10 Å². The van der Waals surface area contributed by atoms with Gasteiger partial charge in [-0.1, -0.05) is 0 Å². The van der Waals surface area contributed by atoms with Crippen molar-refractivity contribution >= 4 is 17.9 Å². The van der Waals surface area contributed by atoms with Gasteiger partial charge >= 0.3 is 0 Å². The van der Waals surface area contributed by atoms with E-state index in [0.717, 1.165) is 0 Å². The Kier molecular flexibility index (Phi) is 7.23. The molecule has 4 nitrogen and oxygen atoms in total. The van der Waals surface area contributed by atoms with Crippen LogP contribution in [0.4, 0.5) is 0 Å². The van der Waals surface area contributed by atoms with Crippen molar-refractivity contribution in [3.63, 3.8) is 0 Å². The molecule has 0 aliphatic carbocycles. The van der Waals surface area contributed by atoms with Gasteiger partial charge in [0.25, 0.3) is 0 Å². The molecule has 1 unspecified atom stereocenters. The van der Waals surface area contributed by atoms with Crippen molar-refractivity contribution in [3.05, 3.63) is 0 Å². The van der Waals surface area contributed by atoms with Gasteiger partial charge in [0.2, 0.25) is 5.91 Å². The zero-order chi connectivity index (χ0) is 9.40. The molecule has 0 bridgehead atoms. The molecule has 0 radical (unpaired) electrons. The third kappa shape index (κ3) is 5.40. The molecule has 12 heavy (non-hydrogen) atoms. The molecule has 0 aliphatic rings. The van der Waals surface area contributed by atoms with Crippen molar-refractivity contribution in [3.8, 4) is 0 Å². The van der Waals surface area contributed by atoms with Gasteiger partial charge in [-0.25, -0.2) is 0 Å². The lowest BCUT2D eigenvalue weighted by Crippen LogP contribution is -2.35. The summed E-state index contributed by atoms with van der Waals surface area (Å²) < 4.78 is 9.77. The average molecular weight is 193 g/mol. The number of rotatable bonds is 6. The Labute approximate surface area is 77.2 Å². The smallest absolute Gasteiger partial charge is 0.250 e. The quantitative estimate of drug-likeness (QED) is 0.491. The predicted molar refractivity (Wildman–Crippen MR) is 48.9 cm³/mol. The number of hydrogen-bond donors (Lipinski definition) is 1. The van der Waals surface area contributed by atoms with Gasteiger partial charge in [-0.3, -0.25) is 4.79 Å². The second-order valence-corrected chi connectivity index (χ2v) is 2.71. The van der Waals surface area contributed by atoms with Gasteiger partial charge in [0.1, 0.15) is 6.10 Å². The largest absolute Gasteiger partial charge is 0.383 e. The fourth-order valence-electron chi connectivity index (χ4n) is 0.608. The highest BCUT2D eigenvalue weighted by atomic mass is 32.2. The van der Waals surface area contributed by atoms with Crippen LogP contribution in [0.5, 0.6) is 0 Å². The summed E-state index contributed by atoms with van der Waals surface area (Å²) >= 11 is 1.19. The van der Waals surface area contributed by atoms with Crippen molar-refractivity contribution in [1.29, 1.82) is 0 Å². The molecule has 0 aromatic rings. The van der Waals surface area contributed by atoms with Crippen LogP contribution in [0.3, 0.4) is 0 Å². The molecule has 0 fully saturated rings. The molecule has 0 heterocycles. The fourth-order valence-corrected chi connectivity index (χ4v) is 0.984. The Balaban J connectivity index is 3.43. The number of hydrogen-bond acceptors (Lipinski definition) is 4. The van der Waals surface area contributed by atoms with Crippen molar-refractivity contribution in [1.82, 2.24) is 5.32 Å². The highest BCUT2D eigenvalue weighted by molar-refractivity contribution is 7.93. The first kappa shape index (κ1) is 11.7. The Morgan fingerprint density at radius 3 is 2.83 bits per heavy atom. The Morgan fingerprint density at radius 1 is 1.67 bits per heavy atom. The fraction of sp³-hybridized carbons (Fsp3) is 0.857. The Hall–Kier alpha value is -0.260. The maximum atomic E-state index is 11.1. The molecule has 1 N–H and O–H groups in total. The summed E-state index contributed by atoms with van der Waals surface area (Å²) in [5, 5.41) is 2.67. The van der Waals surface area contributed by atoms with E-state index in [-0.39, 0.29) is 5.91 Å². The number of amides is 1. The van der Waals surface area contributed by atoms with E-state index in [1.54, 1.807) is 20.3 Å². The zero-order valence-corrected chi connectivity index (χ0v) is 8.44.